The lowest BCUT2D eigenvalue weighted by Crippen LogP contribution is -2.47. The first-order valence-electron chi connectivity index (χ1n) is 9.67. The summed E-state index contributed by atoms with van der Waals surface area (Å²) in [6, 6.07) is 5.03. The van der Waals surface area contributed by atoms with Gasteiger partial charge < -0.3 is 19.5 Å². The maximum absolute atomic E-state index is 12.9. The average molecular weight is 377 g/mol. The van der Waals surface area contributed by atoms with Gasteiger partial charge in [-0.25, -0.2) is 4.79 Å². The first-order chi connectivity index (χ1) is 13.0. The Kier molecular flexibility index (Phi) is 7.66. The molecule has 1 fully saturated rings. The van der Waals surface area contributed by atoms with Crippen LogP contribution in [0.2, 0.25) is 0 Å². The number of anilines is 1. The number of nitrogens with one attached hydrogen (secondary N) is 1. The standard InChI is InChI=1S/C21H31NO5/c1-5-6-12-27-18-10-9-16(13-17(18)19(23)25-3)22-20(24)21(26-4)11-7-8-15(2)14-21/h9-10,13,15H,5-8,11-12,14H2,1-4H3,(H,22,24)/t15-,21+/m1/s1. The Labute approximate surface area is 161 Å². The average Bonchev–Trinajstić information content (AvgIpc) is 2.68. The molecule has 1 aromatic rings. The zero-order valence-electron chi connectivity index (χ0n) is 16.8. The van der Waals surface area contributed by atoms with Crippen molar-refractivity contribution >= 4 is 17.6 Å². The molecule has 1 amide bonds. The van der Waals surface area contributed by atoms with Crippen molar-refractivity contribution < 1.29 is 23.8 Å². The van der Waals surface area contributed by atoms with Gasteiger partial charge in [0.2, 0.25) is 0 Å². The fourth-order valence-electron chi connectivity index (χ4n) is 3.56. The molecule has 6 nitrogen and oxygen atoms in total. The number of methoxy groups -OCH3 is 2. The van der Waals surface area contributed by atoms with E-state index in [1.54, 1.807) is 25.3 Å². The Morgan fingerprint density at radius 1 is 1.30 bits per heavy atom. The normalized spacial score (nSPS) is 22.1. The van der Waals surface area contributed by atoms with Crippen LogP contribution in [0, 0.1) is 5.92 Å². The van der Waals surface area contributed by atoms with Crippen LogP contribution in [-0.2, 0) is 14.3 Å². The van der Waals surface area contributed by atoms with Crippen molar-refractivity contribution in [1.82, 2.24) is 0 Å². The Bertz CT molecular complexity index is 660. The van der Waals surface area contributed by atoms with Gasteiger partial charge in [-0.1, -0.05) is 26.7 Å². The molecule has 0 spiro atoms. The highest BCUT2D eigenvalue weighted by Crippen LogP contribution is 2.36. The molecule has 27 heavy (non-hydrogen) atoms. The minimum Gasteiger partial charge on any atom is -0.493 e. The predicted molar refractivity (Wildman–Crippen MR) is 104 cm³/mol. The second-order valence-corrected chi connectivity index (χ2v) is 7.26. The van der Waals surface area contributed by atoms with Crippen LogP contribution < -0.4 is 10.1 Å². The summed E-state index contributed by atoms with van der Waals surface area (Å²) in [5.74, 6) is 0.225. The highest BCUT2D eigenvalue weighted by atomic mass is 16.5. The van der Waals surface area contributed by atoms with Gasteiger partial charge in [-0.15, -0.1) is 0 Å². The number of carbonyl (C=O) groups is 2. The van der Waals surface area contributed by atoms with Crippen LogP contribution in [0.4, 0.5) is 5.69 Å². The van der Waals surface area contributed by atoms with Crippen LogP contribution in [0.25, 0.3) is 0 Å². The van der Waals surface area contributed by atoms with E-state index in [4.69, 9.17) is 14.2 Å². The van der Waals surface area contributed by atoms with Crippen molar-refractivity contribution in [2.45, 2.75) is 58.0 Å². The third-order valence-corrected chi connectivity index (χ3v) is 5.16. The summed E-state index contributed by atoms with van der Waals surface area (Å²) in [6.45, 7) is 4.73. The van der Waals surface area contributed by atoms with Crippen molar-refractivity contribution in [3.8, 4) is 5.75 Å². The fraction of sp³-hybridized carbons (Fsp3) is 0.619. The lowest BCUT2D eigenvalue weighted by Gasteiger charge is -2.37. The summed E-state index contributed by atoms with van der Waals surface area (Å²) < 4.78 is 16.2. The van der Waals surface area contributed by atoms with Crippen molar-refractivity contribution in [3.05, 3.63) is 23.8 Å². The quantitative estimate of drug-likeness (QED) is 0.543. The topological polar surface area (TPSA) is 73.9 Å². The summed E-state index contributed by atoms with van der Waals surface area (Å²) >= 11 is 0. The molecular weight excluding hydrogens is 346 g/mol. The van der Waals surface area contributed by atoms with Gasteiger partial charge in [-0.05, 0) is 49.8 Å². The van der Waals surface area contributed by atoms with E-state index < -0.39 is 11.6 Å². The molecule has 0 aliphatic heterocycles. The summed E-state index contributed by atoms with van der Waals surface area (Å²) in [5, 5.41) is 2.91. The Morgan fingerprint density at radius 2 is 2.07 bits per heavy atom. The summed E-state index contributed by atoms with van der Waals surface area (Å²) in [7, 11) is 2.91. The molecule has 0 heterocycles. The van der Waals surface area contributed by atoms with E-state index in [0.29, 0.717) is 42.4 Å². The number of rotatable bonds is 8. The maximum atomic E-state index is 12.9. The third kappa shape index (κ3) is 5.22. The van der Waals surface area contributed by atoms with Gasteiger partial charge in [0, 0.05) is 12.8 Å². The number of amides is 1. The van der Waals surface area contributed by atoms with E-state index in [2.05, 4.69) is 19.2 Å². The molecule has 1 N–H and O–H groups in total. The number of benzene rings is 1. The molecule has 1 aromatic carbocycles. The highest BCUT2D eigenvalue weighted by Gasteiger charge is 2.42. The van der Waals surface area contributed by atoms with Gasteiger partial charge in [0.25, 0.3) is 5.91 Å². The molecule has 0 radical (unpaired) electrons. The van der Waals surface area contributed by atoms with Gasteiger partial charge >= 0.3 is 5.97 Å². The van der Waals surface area contributed by atoms with Crippen LogP contribution in [0.1, 0.15) is 62.7 Å². The van der Waals surface area contributed by atoms with Crippen molar-refractivity contribution in [1.29, 1.82) is 0 Å². The molecule has 2 atom stereocenters. The number of esters is 1. The number of hydrogen-bond donors (Lipinski definition) is 1. The summed E-state index contributed by atoms with van der Waals surface area (Å²) in [4.78, 5) is 25.1. The van der Waals surface area contributed by atoms with Crippen LogP contribution in [-0.4, -0.2) is 38.3 Å². The molecule has 6 heteroatoms. The van der Waals surface area contributed by atoms with E-state index in [1.165, 1.54) is 7.11 Å². The number of ether oxygens (including phenoxy) is 3. The molecule has 0 unspecified atom stereocenters. The van der Waals surface area contributed by atoms with Crippen LogP contribution in [0.3, 0.4) is 0 Å². The smallest absolute Gasteiger partial charge is 0.341 e. The lowest BCUT2D eigenvalue weighted by molar-refractivity contribution is -0.143. The number of unbranched alkanes of at least 4 members (excludes halogenated alkanes) is 1. The second kappa shape index (κ2) is 9.74. The Balaban J connectivity index is 2.19. The van der Waals surface area contributed by atoms with Crippen LogP contribution in [0.5, 0.6) is 5.75 Å². The van der Waals surface area contributed by atoms with Crippen molar-refractivity contribution in [2.24, 2.45) is 5.92 Å². The molecule has 150 valence electrons. The van der Waals surface area contributed by atoms with Crippen LogP contribution in [0.15, 0.2) is 18.2 Å². The van der Waals surface area contributed by atoms with E-state index in [9.17, 15) is 9.59 Å². The highest BCUT2D eigenvalue weighted by molar-refractivity contribution is 5.99. The monoisotopic (exact) mass is 377 g/mol. The minimum absolute atomic E-state index is 0.174. The first-order valence-corrected chi connectivity index (χ1v) is 9.67. The van der Waals surface area contributed by atoms with Gasteiger partial charge in [-0.3, -0.25) is 4.79 Å². The van der Waals surface area contributed by atoms with E-state index in [-0.39, 0.29) is 5.91 Å². The van der Waals surface area contributed by atoms with Crippen molar-refractivity contribution in [3.63, 3.8) is 0 Å². The van der Waals surface area contributed by atoms with E-state index in [0.717, 1.165) is 25.7 Å². The Hall–Kier alpha value is -2.08. The van der Waals surface area contributed by atoms with Gasteiger partial charge in [0.05, 0.1) is 13.7 Å². The van der Waals surface area contributed by atoms with E-state index >= 15 is 0 Å². The first kappa shape index (κ1) is 21.2. The molecule has 1 aliphatic carbocycles. The predicted octanol–water partition coefficient (Wildman–Crippen LogP) is 4.19. The van der Waals surface area contributed by atoms with Gasteiger partial charge in [0.15, 0.2) is 0 Å². The zero-order chi connectivity index (χ0) is 19.9. The largest absolute Gasteiger partial charge is 0.493 e. The van der Waals surface area contributed by atoms with E-state index in [1.807, 2.05) is 0 Å². The zero-order valence-corrected chi connectivity index (χ0v) is 16.8. The molecule has 0 aromatic heterocycles. The molecule has 2 rings (SSSR count). The van der Waals surface area contributed by atoms with Crippen molar-refractivity contribution in [2.75, 3.05) is 26.1 Å². The van der Waals surface area contributed by atoms with Gasteiger partial charge in [-0.2, -0.15) is 0 Å². The minimum atomic E-state index is -0.820. The third-order valence-electron chi connectivity index (χ3n) is 5.16. The summed E-state index contributed by atoms with van der Waals surface area (Å²) in [5.41, 5.74) is 0.00660. The Morgan fingerprint density at radius 3 is 2.70 bits per heavy atom. The molecule has 1 aliphatic rings. The maximum Gasteiger partial charge on any atom is 0.341 e. The molecule has 0 saturated heterocycles. The molecule has 1 saturated carbocycles. The van der Waals surface area contributed by atoms with Gasteiger partial charge in [0.1, 0.15) is 16.9 Å². The number of carbonyl (C=O) groups excluding carboxylic acids is 2. The fourth-order valence-corrected chi connectivity index (χ4v) is 3.56. The molecular formula is C21H31NO5. The summed E-state index contributed by atoms with van der Waals surface area (Å²) in [6.07, 6.45) is 5.35. The SMILES string of the molecule is CCCCOc1ccc(NC(=O)[C@]2(OC)CCC[C@@H](C)C2)cc1C(=O)OC. The van der Waals surface area contributed by atoms with Crippen LogP contribution >= 0.6 is 0 Å². The number of hydrogen-bond acceptors (Lipinski definition) is 5. The lowest BCUT2D eigenvalue weighted by atomic mass is 9.78. The molecule has 0 bridgehead atoms. The second-order valence-electron chi connectivity index (χ2n) is 7.26.